The summed E-state index contributed by atoms with van der Waals surface area (Å²) < 4.78 is 1.91. The van der Waals surface area contributed by atoms with Crippen LogP contribution in [0.15, 0.2) is 23.2 Å². The van der Waals surface area contributed by atoms with Gasteiger partial charge in [-0.2, -0.15) is 4.99 Å². The van der Waals surface area contributed by atoms with Gasteiger partial charge in [-0.05, 0) is 18.2 Å². The number of nitrogens with zero attached hydrogens (tertiary/aromatic N) is 2. The summed E-state index contributed by atoms with van der Waals surface area (Å²) in [4.78, 5) is 4.54. The lowest BCUT2D eigenvalue weighted by Crippen LogP contribution is -2.57. The van der Waals surface area contributed by atoms with Gasteiger partial charge in [-0.1, -0.05) is 37.0 Å². The van der Waals surface area contributed by atoms with E-state index in [0.29, 0.717) is 22.0 Å². The molecule has 0 amide bonds. The number of hydrogen-bond donors (Lipinski definition) is 3. The third-order valence-electron chi connectivity index (χ3n) is 3.54. The lowest BCUT2D eigenvalue weighted by atomic mass is 10.0. The van der Waals surface area contributed by atoms with Crippen LogP contribution in [0.25, 0.3) is 0 Å². The highest BCUT2D eigenvalue weighted by Gasteiger charge is 2.40. The lowest BCUT2D eigenvalue weighted by Gasteiger charge is -2.33. The number of nitrogens with one attached hydrogen (secondary N) is 1. The van der Waals surface area contributed by atoms with Crippen LogP contribution < -0.4 is 16.8 Å². The number of halogens is 2. The summed E-state index contributed by atoms with van der Waals surface area (Å²) >= 11 is 12.1. The highest BCUT2D eigenvalue weighted by atomic mass is 35.5. The maximum Gasteiger partial charge on any atom is 0.357 e. The summed E-state index contributed by atoms with van der Waals surface area (Å²) in [5.74, 6) is 0.752. The van der Waals surface area contributed by atoms with Gasteiger partial charge in [-0.15, -0.1) is 0 Å². The van der Waals surface area contributed by atoms with Gasteiger partial charge in [0.1, 0.15) is 5.69 Å². The normalized spacial score (nSPS) is 17.7. The first-order valence-corrected chi connectivity index (χ1v) is 7.19. The monoisotopic (exact) mass is 314 g/mol. The average molecular weight is 315 g/mol. The van der Waals surface area contributed by atoms with Crippen molar-refractivity contribution in [2.24, 2.45) is 16.5 Å². The second kappa shape index (κ2) is 5.50. The van der Waals surface area contributed by atoms with E-state index >= 15 is 0 Å². The van der Waals surface area contributed by atoms with E-state index in [2.05, 4.69) is 10.3 Å². The molecule has 0 radical (unpaired) electrons. The molecule has 20 heavy (non-hydrogen) atoms. The summed E-state index contributed by atoms with van der Waals surface area (Å²) in [7, 11) is 0. The van der Waals surface area contributed by atoms with E-state index in [1.54, 1.807) is 12.1 Å². The van der Waals surface area contributed by atoms with Crippen LogP contribution in [-0.2, 0) is 0 Å². The van der Waals surface area contributed by atoms with Gasteiger partial charge in [0.25, 0.3) is 5.96 Å². The fourth-order valence-corrected chi connectivity index (χ4v) is 2.73. The number of rotatable bonds is 3. The maximum atomic E-state index is 6.11. The van der Waals surface area contributed by atoms with E-state index in [-0.39, 0.29) is 0 Å². The number of aliphatic imine (C=N–C) groups is 1. The first-order valence-electron chi connectivity index (χ1n) is 6.43. The summed E-state index contributed by atoms with van der Waals surface area (Å²) in [6, 6.07) is 5.37. The Morgan fingerprint density at radius 3 is 2.40 bits per heavy atom. The zero-order chi connectivity index (χ0) is 14.9. The van der Waals surface area contributed by atoms with E-state index in [4.69, 9.17) is 34.7 Å². The molecule has 0 aliphatic carbocycles. The Bertz CT molecular complexity index is 590. The van der Waals surface area contributed by atoms with Crippen molar-refractivity contribution in [1.29, 1.82) is 0 Å². The summed E-state index contributed by atoms with van der Waals surface area (Å²) in [6.45, 7) is 4.09. The first kappa shape index (κ1) is 14.9. The zero-order valence-electron chi connectivity index (χ0n) is 11.5. The fraction of sp³-hybridized carbons (Fsp3) is 0.385. The molecule has 1 aliphatic heterocycles. The third kappa shape index (κ3) is 2.43. The van der Waals surface area contributed by atoms with Crippen molar-refractivity contribution >= 4 is 40.8 Å². The molecule has 5 nitrogen and oxygen atoms in total. The van der Waals surface area contributed by atoms with E-state index in [1.165, 1.54) is 0 Å². The van der Waals surface area contributed by atoms with Crippen LogP contribution in [0.1, 0.15) is 26.7 Å². The van der Waals surface area contributed by atoms with Crippen LogP contribution in [-0.4, -0.2) is 22.2 Å². The molecule has 1 aliphatic rings. The number of hydrogen-bond acceptors (Lipinski definition) is 4. The molecule has 0 aromatic heterocycles. The minimum Gasteiger partial charge on any atom is -0.357 e. The molecule has 0 saturated carbocycles. The van der Waals surface area contributed by atoms with Crippen molar-refractivity contribution in [3.05, 3.63) is 28.2 Å². The molecule has 1 aromatic rings. The van der Waals surface area contributed by atoms with Gasteiger partial charge in [-0.3, -0.25) is 5.73 Å². The van der Waals surface area contributed by atoms with Crippen LogP contribution in [0.5, 0.6) is 0 Å². The molecule has 5 N–H and O–H groups in total. The average Bonchev–Trinajstić information content (AvgIpc) is 2.41. The third-order valence-corrected chi connectivity index (χ3v) is 4.27. The van der Waals surface area contributed by atoms with Crippen molar-refractivity contribution < 1.29 is 4.58 Å². The quantitative estimate of drug-likeness (QED) is 0.749. The molecule has 0 unspecified atom stereocenters. The number of benzene rings is 1. The molecule has 2 rings (SSSR count). The minimum absolute atomic E-state index is 0.322. The zero-order valence-corrected chi connectivity index (χ0v) is 13.0. The smallest absolute Gasteiger partial charge is 0.357 e. The largest absolute Gasteiger partial charge is 0.357 e. The van der Waals surface area contributed by atoms with E-state index in [1.807, 2.05) is 24.5 Å². The second-order valence-corrected chi connectivity index (χ2v) is 5.45. The van der Waals surface area contributed by atoms with E-state index in [9.17, 15) is 0 Å². The first-order chi connectivity index (χ1) is 9.43. The Morgan fingerprint density at radius 1 is 1.20 bits per heavy atom. The van der Waals surface area contributed by atoms with Gasteiger partial charge in [0, 0.05) is 12.8 Å². The van der Waals surface area contributed by atoms with Crippen molar-refractivity contribution in [2.75, 3.05) is 0 Å². The lowest BCUT2D eigenvalue weighted by molar-refractivity contribution is -0.539. The van der Waals surface area contributed by atoms with Gasteiger partial charge < -0.3 is 5.73 Å². The molecule has 0 fully saturated rings. The van der Waals surface area contributed by atoms with Crippen molar-refractivity contribution in [2.45, 2.75) is 32.4 Å². The standard InChI is InChI=1S/C13H17Cl2N5/c1-3-13(4-2)19-11(16)18-12(17)20(13)8-5-6-9(14)10(15)7-8/h5-7H,3-4H2,1-2H3,(H4,16,17,18,19)/p+1. The fourth-order valence-electron chi connectivity index (χ4n) is 2.44. The van der Waals surface area contributed by atoms with Crippen molar-refractivity contribution in [1.82, 2.24) is 5.32 Å². The van der Waals surface area contributed by atoms with Crippen LogP contribution in [0.3, 0.4) is 0 Å². The molecule has 108 valence electrons. The highest BCUT2D eigenvalue weighted by Crippen LogP contribution is 2.33. The van der Waals surface area contributed by atoms with Crippen LogP contribution in [0, 0.1) is 0 Å². The Kier molecular flexibility index (Phi) is 4.11. The molecule has 0 atom stereocenters. The Balaban J connectivity index is 2.61. The molecule has 1 heterocycles. The Morgan fingerprint density at radius 2 is 1.85 bits per heavy atom. The van der Waals surface area contributed by atoms with Gasteiger partial charge in [0.2, 0.25) is 0 Å². The summed E-state index contributed by atoms with van der Waals surface area (Å²) in [5, 5.41) is 3.83. The van der Waals surface area contributed by atoms with Crippen LogP contribution in [0.4, 0.5) is 5.69 Å². The van der Waals surface area contributed by atoms with Crippen LogP contribution >= 0.6 is 23.2 Å². The minimum atomic E-state index is -0.517. The predicted octanol–water partition coefficient (Wildman–Crippen LogP) is 2.39. The number of nitrogens with two attached hydrogens (primary N) is 2. The molecule has 0 saturated heterocycles. The van der Waals surface area contributed by atoms with Crippen LogP contribution in [0.2, 0.25) is 10.0 Å². The van der Waals surface area contributed by atoms with Gasteiger partial charge in [0.15, 0.2) is 5.66 Å². The van der Waals surface area contributed by atoms with E-state index < -0.39 is 5.66 Å². The Labute approximate surface area is 128 Å². The van der Waals surface area contributed by atoms with Gasteiger partial charge in [-0.25, -0.2) is 9.89 Å². The topological polar surface area (TPSA) is 79.4 Å². The van der Waals surface area contributed by atoms with Gasteiger partial charge in [0.05, 0.1) is 10.0 Å². The van der Waals surface area contributed by atoms with Crippen molar-refractivity contribution in [3.63, 3.8) is 0 Å². The summed E-state index contributed by atoms with van der Waals surface area (Å²) in [6.07, 6.45) is 1.51. The number of guanidine groups is 2. The Hall–Kier alpha value is -1.46. The molecule has 7 heteroatoms. The summed E-state index contributed by atoms with van der Waals surface area (Å²) in [5.41, 5.74) is 12.2. The maximum absolute atomic E-state index is 6.11. The predicted molar refractivity (Wildman–Crippen MR) is 83.6 cm³/mol. The highest BCUT2D eigenvalue weighted by molar-refractivity contribution is 6.42. The molecule has 0 bridgehead atoms. The SMILES string of the molecule is CCC1(CC)N=C(N)NC(N)=[N+]1c1ccc(Cl)c(Cl)c1. The second-order valence-electron chi connectivity index (χ2n) is 4.63. The van der Waals surface area contributed by atoms with Gasteiger partial charge >= 0.3 is 5.96 Å². The molecule has 0 spiro atoms. The van der Waals surface area contributed by atoms with Crippen molar-refractivity contribution in [3.8, 4) is 0 Å². The molecular weight excluding hydrogens is 297 g/mol. The van der Waals surface area contributed by atoms with E-state index in [0.717, 1.165) is 18.5 Å². The molecule has 1 aromatic carbocycles. The molecular formula is C13H18Cl2N5+.